The van der Waals surface area contributed by atoms with Gasteiger partial charge in [-0.2, -0.15) is 0 Å². The van der Waals surface area contributed by atoms with Crippen molar-refractivity contribution in [2.24, 2.45) is 0 Å². The number of hydrogen-bond acceptors (Lipinski definition) is 2. The summed E-state index contributed by atoms with van der Waals surface area (Å²) in [5, 5.41) is 0. The van der Waals surface area contributed by atoms with Crippen molar-refractivity contribution in [1.82, 2.24) is 19.5 Å². The molecule has 33 heavy (non-hydrogen) atoms. The fourth-order valence-electron chi connectivity index (χ4n) is 3.13. The van der Waals surface area contributed by atoms with Gasteiger partial charge in [0.2, 0.25) is 0 Å². The average Bonchev–Trinajstić information content (AvgIpc) is 3.47. The Kier molecular flexibility index (Phi) is 8.10. The van der Waals surface area contributed by atoms with Crippen molar-refractivity contribution in [2.45, 2.75) is 0 Å². The van der Waals surface area contributed by atoms with Gasteiger partial charge in [0.15, 0.2) is 0 Å². The van der Waals surface area contributed by atoms with Crippen molar-refractivity contribution in [2.75, 3.05) is 0 Å². The Balaban J connectivity index is 0.000000129. The highest BCUT2D eigenvalue weighted by molar-refractivity contribution is 9.11. The number of nitrogens with one attached hydrogen (secondary N) is 1. The number of para-hydroxylation sites is 4. The van der Waals surface area contributed by atoms with Crippen LogP contribution < -0.4 is 0 Å². The number of fused-ring (bicyclic) bond motifs is 2. The highest BCUT2D eigenvalue weighted by Crippen LogP contribution is 2.20. The first kappa shape index (κ1) is 23.4. The molecule has 0 bridgehead atoms. The average molecular weight is 627 g/mol. The van der Waals surface area contributed by atoms with Gasteiger partial charge >= 0.3 is 0 Å². The summed E-state index contributed by atoms with van der Waals surface area (Å²) in [6, 6.07) is 32.2. The zero-order valence-corrected chi connectivity index (χ0v) is 22.1. The van der Waals surface area contributed by atoms with Gasteiger partial charge in [0.1, 0.15) is 6.33 Å². The highest BCUT2D eigenvalue weighted by atomic mass is 79.9. The van der Waals surface area contributed by atoms with E-state index in [1.54, 1.807) is 6.33 Å². The summed E-state index contributed by atoms with van der Waals surface area (Å²) in [6.07, 6.45) is 3.55. The maximum absolute atomic E-state index is 4.37. The van der Waals surface area contributed by atoms with Crippen LogP contribution in [0.3, 0.4) is 0 Å². The van der Waals surface area contributed by atoms with Crippen LogP contribution in [0.5, 0.6) is 0 Å². The molecule has 2 aromatic heterocycles. The Bertz CT molecular complexity index is 1430. The molecular formula is C26H19Br3N4. The largest absolute Gasteiger partial charge is 0.345 e. The lowest BCUT2D eigenvalue weighted by molar-refractivity contribution is 1.09. The third-order valence-corrected chi connectivity index (χ3v) is 6.13. The summed E-state index contributed by atoms with van der Waals surface area (Å²) in [6.45, 7) is 0. The van der Waals surface area contributed by atoms with E-state index in [0.717, 1.165) is 41.2 Å². The second-order valence-corrected chi connectivity index (χ2v) is 9.69. The molecule has 0 unspecified atom stereocenters. The number of benzene rings is 4. The lowest BCUT2D eigenvalue weighted by atomic mass is 10.3. The Morgan fingerprint density at radius 3 is 1.91 bits per heavy atom. The summed E-state index contributed by atoms with van der Waals surface area (Å²) in [7, 11) is 0. The van der Waals surface area contributed by atoms with Crippen LogP contribution in [-0.2, 0) is 0 Å². The van der Waals surface area contributed by atoms with E-state index in [2.05, 4.69) is 85.5 Å². The minimum Gasteiger partial charge on any atom is -0.345 e. The lowest BCUT2D eigenvalue weighted by Gasteiger charge is -2.04. The second kappa shape index (κ2) is 11.4. The summed E-state index contributed by atoms with van der Waals surface area (Å²) >= 11 is 10.1. The topological polar surface area (TPSA) is 46.5 Å². The molecule has 4 nitrogen and oxygen atoms in total. The van der Waals surface area contributed by atoms with Gasteiger partial charge in [-0.05, 0) is 60.7 Å². The SMILES string of the molecule is Brc1cccc(-n2cnc3ccccc32)c1.Brc1cccc(Br)c1.c1ccc2[nH]cnc2c1. The Labute approximate surface area is 217 Å². The molecule has 2 heterocycles. The molecule has 0 fully saturated rings. The number of hydrogen-bond donors (Lipinski definition) is 1. The predicted molar refractivity (Wildman–Crippen MR) is 147 cm³/mol. The molecule has 0 radical (unpaired) electrons. The van der Waals surface area contributed by atoms with Gasteiger partial charge in [0.05, 0.1) is 28.4 Å². The summed E-state index contributed by atoms with van der Waals surface area (Å²) in [5.41, 5.74) is 5.38. The minimum absolute atomic E-state index is 1.02. The fourth-order valence-corrected chi connectivity index (χ4v) is 4.62. The fraction of sp³-hybridized carbons (Fsp3) is 0. The molecule has 164 valence electrons. The standard InChI is InChI=1S/C13H9BrN2.C7H6N2.C6H4Br2/c14-10-4-3-5-11(8-10)16-9-15-12-6-1-2-7-13(12)16;1-2-4-7-6(3-1)8-5-9-7;7-5-2-1-3-6(8)4-5/h1-9H;1-5H,(H,8,9);1-4H. The lowest BCUT2D eigenvalue weighted by Crippen LogP contribution is -1.90. The molecule has 0 atom stereocenters. The monoisotopic (exact) mass is 624 g/mol. The van der Waals surface area contributed by atoms with E-state index in [1.807, 2.05) is 85.2 Å². The number of aromatic amines is 1. The molecule has 0 aliphatic rings. The van der Waals surface area contributed by atoms with Crippen LogP contribution in [0.2, 0.25) is 0 Å². The van der Waals surface area contributed by atoms with Crippen molar-refractivity contribution in [3.05, 3.63) is 123 Å². The third-order valence-electron chi connectivity index (χ3n) is 4.65. The zero-order chi connectivity index (χ0) is 23.0. The molecule has 1 N–H and O–H groups in total. The van der Waals surface area contributed by atoms with Crippen molar-refractivity contribution in [3.8, 4) is 5.69 Å². The first-order valence-corrected chi connectivity index (χ1v) is 12.5. The minimum atomic E-state index is 1.02. The van der Waals surface area contributed by atoms with Crippen molar-refractivity contribution in [1.29, 1.82) is 0 Å². The Hall–Kier alpha value is -2.74. The molecule has 6 rings (SSSR count). The normalized spacial score (nSPS) is 10.3. The highest BCUT2D eigenvalue weighted by Gasteiger charge is 2.03. The Morgan fingerprint density at radius 2 is 1.24 bits per heavy atom. The van der Waals surface area contributed by atoms with E-state index in [1.165, 1.54) is 0 Å². The molecular weight excluding hydrogens is 608 g/mol. The molecule has 0 saturated heterocycles. The predicted octanol–water partition coefficient (Wildman–Crippen LogP) is 8.56. The van der Waals surface area contributed by atoms with E-state index in [0.29, 0.717) is 0 Å². The summed E-state index contributed by atoms with van der Waals surface area (Å²) < 4.78 is 5.36. The maximum Gasteiger partial charge on any atom is 0.100 e. The first-order chi connectivity index (χ1) is 16.1. The van der Waals surface area contributed by atoms with Crippen LogP contribution in [0.4, 0.5) is 0 Å². The number of rotatable bonds is 1. The van der Waals surface area contributed by atoms with Gasteiger partial charge in [-0.1, -0.05) is 84.2 Å². The van der Waals surface area contributed by atoms with Crippen LogP contribution in [0, 0.1) is 0 Å². The molecule has 7 heteroatoms. The van der Waals surface area contributed by atoms with Gasteiger partial charge in [-0.25, -0.2) is 9.97 Å². The molecule has 6 aromatic rings. The van der Waals surface area contributed by atoms with E-state index in [4.69, 9.17) is 0 Å². The molecule has 0 saturated carbocycles. The third kappa shape index (κ3) is 6.41. The van der Waals surface area contributed by atoms with Gasteiger partial charge in [-0.15, -0.1) is 0 Å². The number of aromatic nitrogens is 4. The van der Waals surface area contributed by atoms with Gasteiger partial charge in [0.25, 0.3) is 0 Å². The number of H-pyrrole nitrogens is 1. The van der Waals surface area contributed by atoms with Crippen molar-refractivity contribution >= 4 is 69.9 Å². The summed E-state index contributed by atoms with van der Waals surface area (Å²) in [4.78, 5) is 11.4. The smallest absolute Gasteiger partial charge is 0.100 e. The van der Waals surface area contributed by atoms with Crippen LogP contribution >= 0.6 is 47.8 Å². The zero-order valence-electron chi connectivity index (χ0n) is 17.4. The second-order valence-electron chi connectivity index (χ2n) is 6.94. The van der Waals surface area contributed by atoms with E-state index >= 15 is 0 Å². The quantitative estimate of drug-likeness (QED) is 0.199. The molecule has 4 aromatic carbocycles. The molecule has 0 aliphatic heterocycles. The molecule has 0 amide bonds. The van der Waals surface area contributed by atoms with E-state index in [9.17, 15) is 0 Å². The van der Waals surface area contributed by atoms with Gasteiger partial charge < -0.3 is 4.98 Å². The van der Waals surface area contributed by atoms with Gasteiger partial charge in [-0.3, -0.25) is 4.57 Å². The van der Waals surface area contributed by atoms with Gasteiger partial charge in [0, 0.05) is 19.1 Å². The van der Waals surface area contributed by atoms with Crippen LogP contribution in [0.1, 0.15) is 0 Å². The number of halogens is 3. The van der Waals surface area contributed by atoms with E-state index < -0.39 is 0 Å². The first-order valence-electron chi connectivity index (χ1n) is 10.1. The van der Waals surface area contributed by atoms with Crippen molar-refractivity contribution < 1.29 is 0 Å². The molecule has 0 spiro atoms. The number of imidazole rings is 2. The van der Waals surface area contributed by atoms with Crippen LogP contribution in [0.15, 0.2) is 123 Å². The van der Waals surface area contributed by atoms with Crippen molar-refractivity contribution in [3.63, 3.8) is 0 Å². The van der Waals surface area contributed by atoms with Crippen LogP contribution in [-0.4, -0.2) is 19.5 Å². The Morgan fingerprint density at radius 1 is 0.606 bits per heavy atom. The van der Waals surface area contributed by atoms with E-state index in [-0.39, 0.29) is 0 Å². The molecule has 0 aliphatic carbocycles. The maximum atomic E-state index is 4.37. The number of nitrogens with zero attached hydrogens (tertiary/aromatic N) is 3. The summed E-state index contributed by atoms with van der Waals surface area (Å²) in [5.74, 6) is 0. The van der Waals surface area contributed by atoms with Crippen LogP contribution in [0.25, 0.3) is 27.8 Å².